The van der Waals surface area contributed by atoms with Crippen LogP contribution in [0.1, 0.15) is 12.8 Å². The Hall–Kier alpha value is -2.02. The maximum Gasteiger partial charge on any atom is 0.422 e. The largest absolute Gasteiger partial charge is 0.430 e. The van der Waals surface area contributed by atoms with E-state index in [-0.39, 0.29) is 11.6 Å². The number of amides is 2. The number of halogens is 2. The van der Waals surface area contributed by atoms with Crippen LogP contribution in [-0.2, 0) is 9.53 Å². The van der Waals surface area contributed by atoms with Crippen LogP contribution >= 0.6 is 0 Å². The lowest BCUT2D eigenvalue weighted by Crippen LogP contribution is -2.63. The van der Waals surface area contributed by atoms with Gasteiger partial charge in [0.2, 0.25) is 5.60 Å². The van der Waals surface area contributed by atoms with E-state index in [1.807, 2.05) is 0 Å². The number of rotatable bonds is 1. The van der Waals surface area contributed by atoms with Gasteiger partial charge in [-0.25, -0.2) is 18.5 Å². The van der Waals surface area contributed by atoms with E-state index in [2.05, 4.69) is 4.90 Å². The smallest absolute Gasteiger partial charge is 0.422 e. The Kier molecular flexibility index (Phi) is 2.78. The Morgan fingerprint density at radius 2 is 1.91 bits per heavy atom. The number of fused-ring (bicyclic) bond motifs is 2. The van der Waals surface area contributed by atoms with E-state index in [4.69, 9.17) is 4.74 Å². The molecule has 1 aromatic carbocycles. The average Bonchev–Trinajstić information content (AvgIpc) is 2.72. The minimum Gasteiger partial charge on any atom is -0.430 e. The number of imide groups is 1. The van der Waals surface area contributed by atoms with Gasteiger partial charge in [0, 0.05) is 18.5 Å². The lowest BCUT2D eigenvalue weighted by Gasteiger charge is -2.48. The first-order valence-corrected chi connectivity index (χ1v) is 7.26. The number of ether oxygens (including phenoxy) is 1. The van der Waals surface area contributed by atoms with Crippen LogP contribution in [0.15, 0.2) is 18.2 Å². The van der Waals surface area contributed by atoms with E-state index in [1.54, 1.807) is 0 Å². The highest BCUT2D eigenvalue weighted by atomic mass is 19.1. The summed E-state index contributed by atoms with van der Waals surface area (Å²) in [7, 11) is 0. The van der Waals surface area contributed by atoms with Crippen molar-refractivity contribution < 1.29 is 23.1 Å². The van der Waals surface area contributed by atoms with Crippen molar-refractivity contribution in [1.29, 1.82) is 0 Å². The molecular weight excluding hydrogens is 294 g/mol. The number of piperidine rings is 3. The van der Waals surface area contributed by atoms with E-state index in [9.17, 15) is 18.4 Å². The van der Waals surface area contributed by atoms with Crippen molar-refractivity contribution in [2.75, 3.05) is 24.5 Å². The molecule has 0 saturated carbocycles. The molecule has 4 saturated heterocycles. The second-order valence-electron chi connectivity index (χ2n) is 6.04. The van der Waals surface area contributed by atoms with Crippen LogP contribution in [0.4, 0.5) is 19.3 Å². The number of hydrogen-bond donors (Lipinski definition) is 0. The van der Waals surface area contributed by atoms with Crippen molar-refractivity contribution in [2.24, 2.45) is 5.92 Å². The van der Waals surface area contributed by atoms with E-state index in [0.717, 1.165) is 38.1 Å². The summed E-state index contributed by atoms with van der Waals surface area (Å²) >= 11 is 0. The molecule has 1 atom stereocenters. The van der Waals surface area contributed by atoms with Crippen molar-refractivity contribution in [1.82, 2.24) is 4.90 Å². The van der Waals surface area contributed by atoms with Crippen LogP contribution in [0.2, 0.25) is 0 Å². The van der Waals surface area contributed by atoms with Gasteiger partial charge in [-0.1, -0.05) is 0 Å². The number of hydrogen-bond acceptors (Lipinski definition) is 4. The van der Waals surface area contributed by atoms with Gasteiger partial charge in [0.25, 0.3) is 5.91 Å². The van der Waals surface area contributed by atoms with Gasteiger partial charge in [-0.3, -0.25) is 9.69 Å². The van der Waals surface area contributed by atoms with Gasteiger partial charge in [0.05, 0.1) is 5.69 Å². The lowest BCUT2D eigenvalue weighted by molar-refractivity contribution is -0.149. The van der Waals surface area contributed by atoms with Crippen LogP contribution in [-0.4, -0.2) is 42.1 Å². The first-order valence-electron chi connectivity index (χ1n) is 7.26. The Morgan fingerprint density at radius 1 is 1.18 bits per heavy atom. The Morgan fingerprint density at radius 3 is 2.50 bits per heavy atom. The van der Waals surface area contributed by atoms with Gasteiger partial charge in [-0.2, -0.15) is 0 Å². The van der Waals surface area contributed by atoms with E-state index < -0.39 is 29.2 Å². The molecule has 2 bridgehead atoms. The maximum atomic E-state index is 13.9. The summed E-state index contributed by atoms with van der Waals surface area (Å²) in [6.07, 6.45) is 0.668. The molecule has 4 aliphatic heterocycles. The van der Waals surface area contributed by atoms with Gasteiger partial charge in [-0.15, -0.1) is 0 Å². The molecule has 1 unspecified atom stereocenters. The summed E-state index contributed by atoms with van der Waals surface area (Å²) in [5, 5.41) is 0. The monoisotopic (exact) mass is 308 g/mol. The fraction of sp³-hybridized carbons (Fsp3) is 0.467. The van der Waals surface area contributed by atoms with Crippen LogP contribution < -0.4 is 4.90 Å². The van der Waals surface area contributed by atoms with Crippen LogP contribution in [0.3, 0.4) is 0 Å². The van der Waals surface area contributed by atoms with Crippen LogP contribution in [0, 0.1) is 17.6 Å². The van der Waals surface area contributed by atoms with Gasteiger partial charge in [0.1, 0.15) is 11.6 Å². The van der Waals surface area contributed by atoms with Gasteiger partial charge in [0.15, 0.2) is 0 Å². The molecule has 1 aromatic rings. The first-order chi connectivity index (χ1) is 10.5. The zero-order valence-corrected chi connectivity index (χ0v) is 11.7. The highest BCUT2D eigenvalue weighted by Gasteiger charge is 2.62. The summed E-state index contributed by atoms with van der Waals surface area (Å²) < 4.78 is 32.4. The van der Waals surface area contributed by atoms with Gasteiger partial charge >= 0.3 is 6.09 Å². The fourth-order valence-electron chi connectivity index (χ4n) is 3.76. The predicted octanol–water partition coefficient (Wildman–Crippen LogP) is 1.91. The molecule has 4 heterocycles. The minimum atomic E-state index is -1.21. The summed E-state index contributed by atoms with van der Waals surface area (Å²) in [5.74, 6) is -2.30. The summed E-state index contributed by atoms with van der Waals surface area (Å²) in [5.41, 5.74) is -1.47. The fourth-order valence-corrected chi connectivity index (χ4v) is 3.76. The predicted molar refractivity (Wildman–Crippen MR) is 72.2 cm³/mol. The highest BCUT2D eigenvalue weighted by Crippen LogP contribution is 2.44. The standard InChI is InChI=1S/C15H14F2N2O3/c16-10-1-2-12(11(17)7-10)19-13(20)15(22-14(19)21)8-18-5-3-9(15)4-6-18/h1-2,7,9H,3-6,8H2. The summed E-state index contributed by atoms with van der Waals surface area (Å²) in [4.78, 5) is 27.8. The average molecular weight is 308 g/mol. The van der Waals surface area contributed by atoms with E-state index in [0.29, 0.717) is 17.5 Å². The zero-order chi connectivity index (χ0) is 15.5. The minimum absolute atomic E-state index is 0.0394. The SMILES string of the molecule is O=C1OC2(CN3CCC2CC3)C(=O)N1c1ccc(F)cc1F. The third-order valence-electron chi connectivity index (χ3n) is 4.87. The van der Waals surface area contributed by atoms with Crippen molar-refractivity contribution >= 4 is 17.7 Å². The number of nitrogens with zero attached hydrogens (tertiary/aromatic N) is 2. The zero-order valence-electron chi connectivity index (χ0n) is 11.7. The number of carbonyl (C=O) groups excluding carboxylic acids is 2. The molecule has 116 valence electrons. The molecule has 0 aliphatic carbocycles. The Balaban J connectivity index is 1.74. The van der Waals surface area contributed by atoms with E-state index >= 15 is 0 Å². The summed E-state index contributed by atoms with van der Waals surface area (Å²) in [6, 6.07) is 2.75. The van der Waals surface area contributed by atoms with Gasteiger partial charge < -0.3 is 4.74 Å². The third kappa shape index (κ3) is 1.71. The lowest BCUT2D eigenvalue weighted by atomic mass is 9.75. The molecular formula is C15H14F2N2O3. The highest BCUT2D eigenvalue weighted by molar-refractivity contribution is 6.20. The molecule has 5 rings (SSSR count). The second-order valence-corrected chi connectivity index (χ2v) is 6.04. The van der Waals surface area contributed by atoms with Crippen molar-refractivity contribution in [3.05, 3.63) is 29.8 Å². The Bertz CT molecular complexity index is 673. The molecule has 0 N–H and O–H groups in total. The molecule has 0 aromatic heterocycles. The number of benzene rings is 1. The van der Waals surface area contributed by atoms with Gasteiger partial charge in [-0.05, 0) is 38.1 Å². The number of anilines is 1. The molecule has 1 spiro atoms. The second kappa shape index (κ2) is 4.49. The quantitative estimate of drug-likeness (QED) is 0.795. The molecule has 5 nitrogen and oxygen atoms in total. The first kappa shape index (κ1) is 13.6. The molecule has 0 radical (unpaired) electrons. The molecule has 22 heavy (non-hydrogen) atoms. The molecule has 4 fully saturated rings. The van der Waals surface area contributed by atoms with Crippen LogP contribution in [0.25, 0.3) is 0 Å². The van der Waals surface area contributed by atoms with E-state index in [1.165, 1.54) is 0 Å². The third-order valence-corrected chi connectivity index (χ3v) is 4.87. The van der Waals surface area contributed by atoms with Crippen LogP contribution in [0.5, 0.6) is 0 Å². The molecule has 4 aliphatic rings. The topological polar surface area (TPSA) is 49.9 Å². The Labute approximate surface area is 125 Å². The molecule has 7 heteroatoms. The van der Waals surface area contributed by atoms with Crippen molar-refractivity contribution in [3.8, 4) is 0 Å². The number of carbonyl (C=O) groups is 2. The van der Waals surface area contributed by atoms with Crippen molar-refractivity contribution in [2.45, 2.75) is 18.4 Å². The molecule has 2 amide bonds. The normalized spacial score (nSPS) is 33.6. The maximum absolute atomic E-state index is 13.9. The summed E-state index contributed by atoms with van der Waals surface area (Å²) in [6.45, 7) is 2.10. The van der Waals surface area contributed by atoms with Crippen molar-refractivity contribution in [3.63, 3.8) is 0 Å².